The van der Waals surface area contributed by atoms with E-state index in [0.717, 1.165) is 0 Å². The van der Waals surface area contributed by atoms with E-state index in [0.29, 0.717) is 0 Å². The fraction of sp³-hybridized carbons (Fsp3) is 0.333. The lowest BCUT2D eigenvalue weighted by Crippen LogP contribution is -2.53. The fourth-order valence-electron chi connectivity index (χ4n) is 0.487. The van der Waals surface area contributed by atoms with E-state index < -0.39 is 60.5 Å². The van der Waals surface area contributed by atoms with Crippen LogP contribution in [0, 0.1) is 0 Å². The third-order valence-electron chi connectivity index (χ3n) is 1.65. The number of hydrogen-bond donors (Lipinski definition) is 0. The molecule has 0 fully saturated rings. The van der Waals surface area contributed by atoms with Gasteiger partial charge in [-0.15, -0.1) is 13.2 Å². The molecule has 0 spiro atoms. The van der Waals surface area contributed by atoms with Crippen molar-refractivity contribution in [1.82, 2.24) is 0 Å². The Morgan fingerprint density at radius 2 is 0.788 bits per heavy atom. The minimum absolute atomic E-state index is 1.95. The highest BCUT2D eigenvalue weighted by Crippen LogP contribution is 2.48. The molecule has 0 bridgehead atoms. The first-order valence-electron chi connectivity index (χ1n) is 6.19. The first-order valence-corrected chi connectivity index (χ1v) is 6.19. The lowest BCUT2D eigenvalue weighted by molar-refractivity contribution is -0.419. The zero-order chi connectivity index (χ0) is 28.2. The number of halogens is 20. The van der Waals surface area contributed by atoms with E-state index in [1.165, 1.54) is 0 Å². The smallest absolute Gasteiger partial charge is 0.397 e. The quantitative estimate of drug-likeness (QED) is 0.196. The average molecular weight is 544 g/mol. The Bertz CT molecular complexity index is 654. The van der Waals surface area contributed by atoms with Gasteiger partial charge in [-0.1, -0.05) is 0 Å². The van der Waals surface area contributed by atoms with Gasteiger partial charge in [0, 0.05) is 0 Å². The third-order valence-corrected chi connectivity index (χ3v) is 1.65. The number of ether oxygens (including phenoxy) is 1. The van der Waals surface area contributed by atoms with Crippen molar-refractivity contribution in [3.8, 4) is 0 Å². The van der Waals surface area contributed by atoms with Crippen molar-refractivity contribution in [3.63, 3.8) is 0 Å². The highest BCUT2D eigenvalue weighted by Gasteiger charge is 2.76. The van der Waals surface area contributed by atoms with E-state index in [9.17, 15) is 87.8 Å². The average Bonchev–Trinajstić information content (AvgIpc) is 2.61. The molecule has 21 heteroatoms. The summed E-state index contributed by atoms with van der Waals surface area (Å²) in [5, 5.41) is 0. The van der Waals surface area contributed by atoms with Gasteiger partial charge in [0.1, 0.15) is 0 Å². The van der Waals surface area contributed by atoms with Crippen LogP contribution in [0.1, 0.15) is 0 Å². The van der Waals surface area contributed by atoms with Gasteiger partial charge in [-0.05, 0) is 0 Å². The van der Waals surface area contributed by atoms with Crippen LogP contribution in [0.4, 0.5) is 87.8 Å². The summed E-state index contributed by atoms with van der Waals surface area (Å²) in [7, 11) is 0. The van der Waals surface area contributed by atoms with Crippen LogP contribution in [-0.2, 0) is 4.74 Å². The number of rotatable bonds is 3. The molecule has 0 unspecified atom stereocenters. The predicted molar refractivity (Wildman–Crippen MR) is 66.5 cm³/mol. The summed E-state index contributed by atoms with van der Waals surface area (Å²) in [5.74, 6) is -10.1. The lowest BCUT2D eigenvalue weighted by Gasteiger charge is -2.26. The van der Waals surface area contributed by atoms with Crippen LogP contribution < -0.4 is 0 Å². The fourth-order valence-corrected chi connectivity index (χ4v) is 0.487. The molecular weight excluding hydrogens is 540 g/mol. The standard InChI is InChI=1S/C5F10O.C3F6.C2F4.C2H4/c6-1(7)2(8)16-5(14,15)3(9,10)4(11,12)13;4-1(2(5)6)3(7,8)9;3-1(4)2(5)6;1-2/h;;;1-2H2. The Kier molecular flexibility index (Phi) is 16.5. The Morgan fingerprint density at radius 3 is 0.909 bits per heavy atom. The molecule has 198 valence electrons. The molecule has 0 amide bonds. The molecule has 0 aromatic rings. The molecule has 0 atom stereocenters. The topological polar surface area (TPSA) is 9.23 Å². The van der Waals surface area contributed by atoms with Crippen molar-refractivity contribution in [2.45, 2.75) is 24.4 Å². The second-order valence-electron chi connectivity index (χ2n) is 3.82. The molecule has 0 N–H and O–H groups in total. The zero-order valence-electron chi connectivity index (χ0n) is 14.4. The van der Waals surface area contributed by atoms with Crippen molar-refractivity contribution < 1.29 is 92.5 Å². The summed E-state index contributed by atoms with van der Waals surface area (Å²) < 4.78 is 224. The number of allylic oxidation sites excluding steroid dienone is 1. The maximum absolute atomic E-state index is 12.0. The normalized spacial score (nSPS) is 11.3. The first kappa shape index (κ1) is 37.7. The molecule has 0 aromatic carbocycles. The number of alkyl halides is 10. The second kappa shape index (κ2) is 14.5. The maximum Gasteiger partial charge on any atom is 0.476 e. The molecule has 0 radical (unpaired) electrons. The van der Waals surface area contributed by atoms with Crippen molar-refractivity contribution >= 4 is 0 Å². The van der Waals surface area contributed by atoms with E-state index in [1.54, 1.807) is 0 Å². The van der Waals surface area contributed by atoms with Crippen LogP contribution in [0.25, 0.3) is 0 Å². The summed E-state index contributed by atoms with van der Waals surface area (Å²) in [6, 6.07) is -3.52. The minimum atomic E-state index is -6.81. The molecule has 0 saturated carbocycles. The highest BCUT2D eigenvalue weighted by molar-refractivity contribution is 4.98. The van der Waals surface area contributed by atoms with Gasteiger partial charge in [-0.3, -0.25) is 0 Å². The van der Waals surface area contributed by atoms with Gasteiger partial charge < -0.3 is 4.74 Å². The molecule has 33 heavy (non-hydrogen) atoms. The van der Waals surface area contributed by atoms with Crippen molar-refractivity contribution in [2.75, 3.05) is 0 Å². The monoisotopic (exact) mass is 544 g/mol. The molecule has 0 aliphatic rings. The van der Waals surface area contributed by atoms with Crippen molar-refractivity contribution in [2.24, 2.45) is 0 Å². The van der Waals surface area contributed by atoms with Crippen LogP contribution in [0.2, 0.25) is 0 Å². The first-order chi connectivity index (χ1) is 14.3. The summed E-state index contributed by atoms with van der Waals surface area (Å²) in [6.07, 6.45) is -31.6. The molecule has 0 heterocycles. The van der Waals surface area contributed by atoms with Crippen LogP contribution >= 0.6 is 0 Å². The lowest BCUT2D eigenvalue weighted by atomic mass is 10.3. The van der Waals surface area contributed by atoms with E-state index in [2.05, 4.69) is 13.2 Å². The molecule has 0 aromatic heterocycles. The predicted octanol–water partition coefficient (Wildman–Crippen LogP) is 9.25. The van der Waals surface area contributed by atoms with Gasteiger partial charge in [0.05, 0.1) is 0 Å². The van der Waals surface area contributed by atoms with Crippen molar-refractivity contribution in [3.05, 3.63) is 49.3 Å². The summed E-state index contributed by atoms with van der Waals surface area (Å²) in [4.78, 5) is 0. The van der Waals surface area contributed by atoms with Gasteiger partial charge in [0.2, 0.25) is 0 Å². The third kappa shape index (κ3) is 14.9. The Hall–Kier alpha value is -2.64. The molecule has 0 aliphatic carbocycles. The van der Waals surface area contributed by atoms with E-state index in [1.807, 2.05) is 4.74 Å². The van der Waals surface area contributed by atoms with E-state index in [-0.39, 0.29) is 0 Å². The SMILES string of the molecule is C=C.FC(F)=C(F)C(F)(F)F.FC(F)=C(F)F.FC(F)=C(F)OC(F)(F)C(F)(F)C(F)(F)F. The van der Waals surface area contributed by atoms with E-state index >= 15 is 0 Å². The van der Waals surface area contributed by atoms with Crippen molar-refractivity contribution in [1.29, 1.82) is 0 Å². The van der Waals surface area contributed by atoms with Crippen LogP contribution in [-0.4, -0.2) is 24.4 Å². The van der Waals surface area contributed by atoms with Crippen LogP contribution in [0.15, 0.2) is 49.3 Å². The molecule has 0 saturated heterocycles. The molecular formula is C12H4F20O. The molecule has 1 nitrogen and oxygen atoms in total. The van der Waals surface area contributed by atoms with Gasteiger partial charge in [-0.25, -0.2) is 0 Å². The summed E-state index contributed by atoms with van der Waals surface area (Å²) in [6.45, 7) is 6.00. The minimum Gasteiger partial charge on any atom is -0.397 e. The Labute approximate surface area is 167 Å². The van der Waals surface area contributed by atoms with E-state index in [4.69, 9.17) is 0 Å². The zero-order valence-corrected chi connectivity index (χ0v) is 14.4. The van der Waals surface area contributed by atoms with Gasteiger partial charge in [-0.2, -0.15) is 87.8 Å². The molecule has 0 aliphatic heterocycles. The maximum atomic E-state index is 12.0. The molecule has 0 rings (SSSR count). The van der Waals surface area contributed by atoms with Gasteiger partial charge >= 0.3 is 54.7 Å². The number of hydrogen-bond acceptors (Lipinski definition) is 1. The Balaban J connectivity index is -0.000000208. The Morgan fingerprint density at radius 1 is 0.485 bits per heavy atom. The van der Waals surface area contributed by atoms with Gasteiger partial charge in [0.15, 0.2) is 0 Å². The van der Waals surface area contributed by atoms with Crippen LogP contribution in [0.3, 0.4) is 0 Å². The second-order valence-corrected chi connectivity index (χ2v) is 3.82. The summed E-state index contributed by atoms with van der Waals surface area (Å²) >= 11 is 0. The van der Waals surface area contributed by atoms with Gasteiger partial charge in [0.25, 0.3) is 5.83 Å². The largest absolute Gasteiger partial charge is 0.476 e. The summed E-state index contributed by atoms with van der Waals surface area (Å²) in [5.41, 5.74) is 0. The highest BCUT2D eigenvalue weighted by atomic mass is 19.4. The van der Waals surface area contributed by atoms with Crippen LogP contribution in [0.5, 0.6) is 0 Å².